The summed E-state index contributed by atoms with van der Waals surface area (Å²) in [6.07, 6.45) is 20.0. The number of unbranched alkanes of at least 4 members (excludes halogenated alkanes) is 6. The largest absolute Gasteiger partial charge is 0.478 e. The summed E-state index contributed by atoms with van der Waals surface area (Å²) in [5.41, 5.74) is -0.229. The smallest absolute Gasteiger partial charge is 0.336 e. The third kappa shape index (κ3) is 9.32. The lowest BCUT2D eigenvalue weighted by atomic mass is 9.82. The Kier molecular flexibility index (Phi) is 13.5. The minimum atomic E-state index is -1.28. The lowest BCUT2D eigenvalue weighted by Crippen LogP contribution is -2.38. The number of carboxylic acids is 2. The number of carboxylic acid groups (broad SMARTS) is 2. The lowest BCUT2D eigenvalue weighted by molar-refractivity contribution is 0.0684. The Balaban J connectivity index is 1.52. The zero-order valence-electron chi connectivity index (χ0n) is 27.9. The molecule has 0 unspecified atom stereocenters. The molecule has 4 rings (SSSR count). The molecule has 0 aromatic heterocycles. The molecule has 8 heteroatoms. The topological polar surface area (TPSA) is 133 Å². The zero-order chi connectivity index (χ0) is 33.1. The maximum atomic E-state index is 13.7. The van der Waals surface area contributed by atoms with Crippen molar-refractivity contribution in [2.75, 3.05) is 0 Å². The molecular formula is C38H54N2O6. The number of hydrogen-bond donors (Lipinski definition) is 4. The Morgan fingerprint density at radius 1 is 0.543 bits per heavy atom. The van der Waals surface area contributed by atoms with E-state index < -0.39 is 23.8 Å². The predicted octanol–water partition coefficient (Wildman–Crippen LogP) is 8.75. The highest BCUT2D eigenvalue weighted by atomic mass is 16.4. The summed E-state index contributed by atoms with van der Waals surface area (Å²) >= 11 is 0. The van der Waals surface area contributed by atoms with E-state index in [2.05, 4.69) is 24.5 Å². The summed E-state index contributed by atoms with van der Waals surface area (Å²) in [7, 11) is 0. The highest BCUT2D eigenvalue weighted by molar-refractivity contribution is 6.23. The maximum Gasteiger partial charge on any atom is 0.336 e. The second-order valence-electron chi connectivity index (χ2n) is 13.8. The molecule has 2 aromatic rings. The summed E-state index contributed by atoms with van der Waals surface area (Å²) in [4.78, 5) is 52.2. The first kappa shape index (κ1) is 35.4. The van der Waals surface area contributed by atoms with Gasteiger partial charge in [-0.3, -0.25) is 9.59 Å². The van der Waals surface area contributed by atoms with Gasteiger partial charge in [-0.25, -0.2) is 9.59 Å². The van der Waals surface area contributed by atoms with Crippen LogP contribution < -0.4 is 10.6 Å². The van der Waals surface area contributed by atoms with Crippen LogP contribution in [0, 0.1) is 11.8 Å². The molecule has 0 atom stereocenters. The summed E-state index contributed by atoms with van der Waals surface area (Å²) < 4.78 is 0. The third-order valence-corrected chi connectivity index (χ3v) is 10.4. The molecule has 2 aliphatic carbocycles. The van der Waals surface area contributed by atoms with Gasteiger partial charge in [0.2, 0.25) is 0 Å². The average Bonchev–Trinajstić information content (AvgIpc) is 3.05. The van der Waals surface area contributed by atoms with Crippen molar-refractivity contribution in [3.8, 4) is 0 Å². The van der Waals surface area contributed by atoms with Gasteiger partial charge in [0, 0.05) is 34.0 Å². The van der Waals surface area contributed by atoms with Gasteiger partial charge in [-0.1, -0.05) is 78.1 Å². The number of aromatic carboxylic acids is 2. The number of fused-ring (bicyclic) bond motifs is 1. The van der Waals surface area contributed by atoms with E-state index in [1.807, 2.05) is 0 Å². The molecule has 0 radical (unpaired) electrons. The second kappa shape index (κ2) is 17.5. The van der Waals surface area contributed by atoms with Crippen LogP contribution in [0.5, 0.6) is 0 Å². The Morgan fingerprint density at radius 2 is 0.891 bits per heavy atom. The van der Waals surface area contributed by atoms with Gasteiger partial charge in [0.25, 0.3) is 11.8 Å². The van der Waals surface area contributed by atoms with Gasteiger partial charge in [-0.2, -0.15) is 0 Å². The van der Waals surface area contributed by atoms with Crippen LogP contribution in [0.2, 0.25) is 0 Å². The molecule has 2 fully saturated rings. The zero-order valence-corrected chi connectivity index (χ0v) is 27.9. The van der Waals surface area contributed by atoms with E-state index in [0.717, 1.165) is 51.4 Å². The molecule has 0 aliphatic heterocycles. The molecule has 252 valence electrons. The SMILES string of the molecule is CCCCCCC1CCC(NC(=O)c2ccc(C(=O)NC3CCC(CCCCCC)CC3)c3c(C(=O)O)ccc(C(=O)O)c23)CC1. The van der Waals surface area contributed by atoms with Crippen molar-refractivity contribution < 1.29 is 29.4 Å². The van der Waals surface area contributed by atoms with E-state index >= 15 is 0 Å². The average molecular weight is 635 g/mol. The van der Waals surface area contributed by atoms with Crippen molar-refractivity contribution in [2.45, 2.75) is 142 Å². The number of benzene rings is 2. The van der Waals surface area contributed by atoms with Crippen molar-refractivity contribution in [1.82, 2.24) is 10.6 Å². The van der Waals surface area contributed by atoms with Gasteiger partial charge in [-0.15, -0.1) is 0 Å². The van der Waals surface area contributed by atoms with Crippen molar-refractivity contribution in [3.05, 3.63) is 46.5 Å². The first-order chi connectivity index (χ1) is 22.2. The number of rotatable bonds is 16. The Labute approximate surface area is 274 Å². The third-order valence-electron chi connectivity index (χ3n) is 10.4. The van der Waals surface area contributed by atoms with Gasteiger partial charge >= 0.3 is 11.9 Å². The van der Waals surface area contributed by atoms with Crippen LogP contribution in [-0.4, -0.2) is 46.0 Å². The van der Waals surface area contributed by atoms with Gasteiger partial charge < -0.3 is 20.8 Å². The molecule has 2 saturated carbocycles. The highest BCUT2D eigenvalue weighted by Gasteiger charge is 2.29. The fourth-order valence-electron chi connectivity index (χ4n) is 7.67. The van der Waals surface area contributed by atoms with E-state index in [9.17, 15) is 29.4 Å². The van der Waals surface area contributed by atoms with Crippen LogP contribution in [-0.2, 0) is 0 Å². The Morgan fingerprint density at radius 3 is 1.22 bits per heavy atom. The summed E-state index contributed by atoms with van der Waals surface area (Å²) in [5.74, 6) is -2.11. The Bertz CT molecular complexity index is 1250. The predicted molar refractivity (Wildman–Crippen MR) is 182 cm³/mol. The van der Waals surface area contributed by atoms with Gasteiger partial charge in [-0.05, 0) is 87.5 Å². The van der Waals surface area contributed by atoms with Crippen LogP contribution in [0.4, 0.5) is 0 Å². The molecular weight excluding hydrogens is 580 g/mol. The van der Waals surface area contributed by atoms with Crippen LogP contribution in [0.15, 0.2) is 24.3 Å². The molecule has 0 heterocycles. The quantitative estimate of drug-likeness (QED) is 0.137. The highest BCUT2D eigenvalue weighted by Crippen LogP contribution is 2.33. The Hall–Kier alpha value is -3.42. The van der Waals surface area contributed by atoms with Crippen LogP contribution in [0.1, 0.15) is 171 Å². The van der Waals surface area contributed by atoms with Gasteiger partial charge in [0.05, 0.1) is 11.1 Å². The molecule has 2 aliphatic rings. The molecule has 0 spiro atoms. The molecule has 2 amide bonds. The normalized spacial score (nSPS) is 21.5. The van der Waals surface area contributed by atoms with Gasteiger partial charge in [0.15, 0.2) is 0 Å². The number of hydrogen-bond acceptors (Lipinski definition) is 4. The number of carbonyl (C=O) groups is 4. The molecule has 2 aromatic carbocycles. The van der Waals surface area contributed by atoms with Gasteiger partial charge in [0.1, 0.15) is 0 Å². The van der Waals surface area contributed by atoms with Crippen molar-refractivity contribution in [3.63, 3.8) is 0 Å². The van der Waals surface area contributed by atoms with E-state index in [-0.39, 0.29) is 45.1 Å². The monoisotopic (exact) mass is 634 g/mol. The van der Waals surface area contributed by atoms with E-state index in [1.165, 1.54) is 88.5 Å². The number of carbonyl (C=O) groups excluding carboxylic acids is 2. The fraction of sp³-hybridized carbons (Fsp3) is 0.632. The summed E-state index contributed by atoms with van der Waals surface area (Å²) in [6, 6.07) is 5.34. The first-order valence-electron chi connectivity index (χ1n) is 17.9. The maximum absolute atomic E-state index is 13.7. The molecule has 46 heavy (non-hydrogen) atoms. The molecule has 4 N–H and O–H groups in total. The lowest BCUT2D eigenvalue weighted by Gasteiger charge is -2.30. The van der Waals surface area contributed by atoms with Crippen LogP contribution in [0.25, 0.3) is 10.8 Å². The van der Waals surface area contributed by atoms with Crippen LogP contribution >= 0.6 is 0 Å². The summed E-state index contributed by atoms with van der Waals surface area (Å²) in [6.45, 7) is 4.42. The minimum Gasteiger partial charge on any atom is -0.478 e. The minimum absolute atomic E-state index is 0.00190. The van der Waals surface area contributed by atoms with Crippen LogP contribution in [0.3, 0.4) is 0 Å². The van der Waals surface area contributed by atoms with Crippen molar-refractivity contribution in [1.29, 1.82) is 0 Å². The summed E-state index contributed by atoms with van der Waals surface area (Å²) in [5, 5.41) is 26.4. The standard InChI is InChI=1S/C38H54N2O6/c1-3-5-7-9-11-25-13-17-27(18-14-25)39-35(41)29-21-22-30(34-32(38(45)46)24-23-31(33(29)34)37(43)44)36(42)40-28-19-15-26(16-20-28)12-10-8-6-4-2/h21-28H,3-20H2,1-2H3,(H,39,41)(H,40,42)(H,43,44)(H,45,46). The van der Waals surface area contributed by atoms with E-state index in [1.54, 1.807) is 0 Å². The van der Waals surface area contributed by atoms with Crippen molar-refractivity contribution >= 4 is 34.5 Å². The first-order valence-corrected chi connectivity index (χ1v) is 17.9. The van der Waals surface area contributed by atoms with Crippen molar-refractivity contribution in [2.24, 2.45) is 11.8 Å². The van der Waals surface area contributed by atoms with E-state index in [4.69, 9.17) is 0 Å². The molecule has 0 saturated heterocycles. The van der Waals surface area contributed by atoms with E-state index in [0.29, 0.717) is 11.8 Å². The fourth-order valence-corrected chi connectivity index (χ4v) is 7.67. The molecule has 8 nitrogen and oxygen atoms in total. The molecule has 0 bridgehead atoms. The number of nitrogens with one attached hydrogen (secondary N) is 2. The second-order valence-corrected chi connectivity index (χ2v) is 13.8. The number of amides is 2.